The van der Waals surface area contributed by atoms with Crippen molar-refractivity contribution in [1.29, 1.82) is 0 Å². The predicted molar refractivity (Wildman–Crippen MR) is 73.5 cm³/mol. The molecule has 0 atom stereocenters. The summed E-state index contributed by atoms with van der Waals surface area (Å²) >= 11 is 0. The number of hydrogen-bond acceptors (Lipinski definition) is 4. The normalized spacial score (nSPS) is 23.1. The van der Waals surface area contributed by atoms with E-state index in [2.05, 4.69) is 22.4 Å². The molecule has 0 saturated heterocycles. The van der Waals surface area contributed by atoms with Gasteiger partial charge in [-0.1, -0.05) is 6.92 Å². The summed E-state index contributed by atoms with van der Waals surface area (Å²) in [7, 11) is 0. The van der Waals surface area contributed by atoms with E-state index in [1.54, 1.807) is 13.8 Å². The van der Waals surface area contributed by atoms with Crippen LogP contribution >= 0.6 is 0 Å². The molecule has 0 unspecified atom stereocenters. The number of carboxylic acid groups (broad SMARTS) is 1. The van der Waals surface area contributed by atoms with Crippen molar-refractivity contribution >= 4 is 11.8 Å². The number of aromatic nitrogens is 2. The fraction of sp³-hybridized carbons (Fsp3) is 0.643. The third-order valence-electron chi connectivity index (χ3n) is 4.03. The van der Waals surface area contributed by atoms with E-state index < -0.39 is 5.97 Å². The monoisotopic (exact) mass is 263 g/mol. The second-order valence-electron chi connectivity index (χ2n) is 5.54. The molecule has 2 N–H and O–H groups in total. The molecule has 1 aromatic rings. The van der Waals surface area contributed by atoms with Gasteiger partial charge in [0.25, 0.3) is 0 Å². The van der Waals surface area contributed by atoms with Crippen molar-refractivity contribution in [2.24, 2.45) is 5.92 Å². The van der Waals surface area contributed by atoms with Crippen LogP contribution in [0.5, 0.6) is 0 Å². The molecule has 1 aromatic heterocycles. The number of hydrogen-bond donors (Lipinski definition) is 2. The molecular weight excluding hydrogens is 242 g/mol. The van der Waals surface area contributed by atoms with Crippen molar-refractivity contribution in [3.8, 4) is 0 Å². The SMILES string of the molecule is Cc1nnc(NC2CCC(C)CC2)c(C(=O)O)c1C. The van der Waals surface area contributed by atoms with Crippen molar-refractivity contribution in [1.82, 2.24) is 10.2 Å². The predicted octanol–water partition coefficient (Wildman–Crippen LogP) is 2.78. The van der Waals surface area contributed by atoms with Crippen molar-refractivity contribution < 1.29 is 9.90 Å². The van der Waals surface area contributed by atoms with Crippen LogP contribution in [0.2, 0.25) is 0 Å². The molecule has 0 spiro atoms. The van der Waals surface area contributed by atoms with Gasteiger partial charge in [0.05, 0.1) is 5.69 Å². The lowest BCUT2D eigenvalue weighted by atomic mass is 9.87. The number of nitrogens with one attached hydrogen (secondary N) is 1. The number of anilines is 1. The first kappa shape index (κ1) is 13.8. The molecule has 1 aliphatic carbocycles. The zero-order valence-electron chi connectivity index (χ0n) is 11.7. The van der Waals surface area contributed by atoms with Gasteiger partial charge in [0, 0.05) is 6.04 Å². The van der Waals surface area contributed by atoms with Crippen molar-refractivity contribution in [3.05, 3.63) is 16.8 Å². The van der Waals surface area contributed by atoms with Gasteiger partial charge in [-0.25, -0.2) is 4.79 Å². The molecule has 1 fully saturated rings. The van der Waals surface area contributed by atoms with Crippen LogP contribution in [-0.4, -0.2) is 27.3 Å². The van der Waals surface area contributed by atoms with Crippen LogP contribution in [-0.2, 0) is 0 Å². The van der Waals surface area contributed by atoms with E-state index in [9.17, 15) is 9.90 Å². The second kappa shape index (κ2) is 5.55. The van der Waals surface area contributed by atoms with E-state index in [0.717, 1.165) is 18.8 Å². The summed E-state index contributed by atoms with van der Waals surface area (Å²) in [6.45, 7) is 5.82. The number of carboxylic acids is 1. The number of aromatic carboxylic acids is 1. The summed E-state index contributed by atoms with van der Waals surface area (Å²) in [6.07, 6.45) is 4.49. The molecule has 1 saturated carbocycles. The van der Waals surface area contributed by atoms with E-state index in [1.165, 1.54) is 12.8 Å². The molecule has 0 bridgehead atoms. The highest BCUT2D eigenvalue weighted by molar-refractivity contribution is 5.94. The topological polar surface area (TPSA) is 75.1 Å². The fourth-order valence-corrected chi connectivity index (χ4v) is 2.57. The van der Waals surface area contributed by atoms with Gasteiger partial charge < -0.3 is 10.4 Å². The number of aryl methyl sites for hydroxylation is 1. The van der Waals surface area contributed by atoms with Crippen LogP contribution in [0.15, 0.2) is 0 Å². The minimum atomic E-state index is -0.942. The summed E-state index contributed by atoms with van der Waals surface area (Å²) in [4.78, 5) is 11.4. The maximum absolute atomic E-state index is 11.4. The first-order valence-corrected chi connectivity index (χ1v) is 6.82. The van der Waals surface area contributed by atoms with Gasteiger partial charge in [0.1, 0.15) is 5.56 Å². The van der Waals surface area contributed by atoms with Gasteiger partial charge in [0.15, 0.2) is 5.82 Å². The Morgan fingerprint density at radius 3 is 2.42 bits per heavy atom. The maximum Gasteiger partial charge on any atom is 0.339 e. The minimum absolute atomic E-state index is 0.256. The molecule has 0 aromatic carbocycles. The molecule has 104 valence electrons. The van der Waals surface area contributed by atoms with Crippen LogP contribution in [0.25, 0.3) is 0 Å². The standard InChI is InChI=1S/C14H21N3O2/c1-8-4-6-11(7-5-8)15-13-12(14(18)19)9(2)10(3)16-17-13/h8,11H,4-7H2,1-3H3,(H,15,17)(H,18,19). The van der Waals surface area contributed by atoms with Gasteiger partial charge in [-0.2, -0.15) is 5.10 Å². The number of carbonyl (C=O) groups is 1. The van der Waals surface area contributed by atoms with Crippen LogP contribution < -0.4 is 5.32 Å². The molecule has 1 heterocycles. The van der Waals surface area contributed by atoms with Crippen molar-refractivity contribution in [2.75, 3.05) is 5.32 Å². The molecule has 5 heteroatoms. The van der Waals surface area contributed by atoms with Gasteiger partial charge in [-0.05, 0) is 51.0 Å². The van der Waals surface area contributed by atoms with Gasteiger partial charge in [-0.15, -0.1) is 5.10 Å². The minimum Gasteiger partial charge on any atom is -0.478 e. The van der Waals surface area contributed by atoms with Crippen molar-refractivity contribution in [3.63, 3.8) is 0 Å². The lowest BCUT2D eigenvalue weighted by Gasteiger charge is -2.27. The summed E-state index contributed by atoms with van der Waals surface area (Å²) in [6, 6.07) is 0.311. The lowest BCUT2D eigenvalue weighted by molar-refractivity contribution is 0.0696. The quantitative estimate of drug-likeness (QED) is 0.877. The Morgan fingerprint density at radius 1 is 1.21 bits per heavy atom. The van der Waals surface area contributed by atoms with E-state index in [1.807, 2.05) is 0 Å². The van der Waals surface area contributed by atoms with Gasteiger partial charge >= 0.3 is 5.97 Å². The number of nitrogens with zero attached hydrogens (tertiary/aromatic N) is 2. The Bertz CT molecular complexity index is 480. The fourth-order valence-electron chi connectivity index (χ4n) is 2.57. The second-order valence-corrected chi connectivity index (χ2v) is 5.54. The van der Waals surface area contributed by atoms with E-state index in [4.69, 9.17) is 0 Å². The van der Waals surface area contributed by atoms with E-state index >= 15 is 0 Å². The highest BCUT2D eigenvalue weighted by Crippen LogP contribution is 2.27. The zero-order valence-corrected chi connectivity index (χ0v) is 11.7. The Balaban J connectivity index is 2.20. The average molecular weight is 263 g/mol. The Morgan fingerprint density at radius 2 is 1.84 bits per heavy atom. The highest BCUT2D eigenvalue weighted by atomic mass is 16.4. The van der Waals surface area contributed by atoms with Crippen LogP contribution in [0, 0.1) is 19.8 Å². The highest BCUT2D eigenvalue weighted by Gasteiger charge is 2.23. The third kappa shape index (κ3) is 3.03. The molecule has 19 heavy (non-hydrogen) atoms. The summed E-state index contributed by atoms with van der Waals surface area (Å²) in [5.74, 6) is 0.236. The summed E-state index contributed by atoms with van der Waals surface area (Å²) in [5, 5.41) is 20.7. The largest absolute Gasteiger partial charge is 0.478 e. The van der Waals surface area contributed by atoms with Gasteiger partial charge in [-0.3, -0.25) is 0 Å². The molecule has 0 aliphatic heterocycles. The van der Waals surface area contributed by atoms with Crippen LogP contribution in [0.3, 0.4) is 0 Å². The Kier molecular flexibility index (Phi) is 4.02. The Labute approximate surface area is 113 Å². The summed E-state index contributed by atoms with van der Waals surface area (Å²) < 4.78 is 0. The zero-order chi connectivity index (χ0) is 14.0. The van der Waals surface area contributed by atoms with Crippen molar-refractivity contribution in [2.45, 2.75) is 52.5 Å². The molecule has 0 radical (unpaired) electrons. The molecular formula is C14H21N3O2. The number of rotatable bonds is 3. The van der Waals surface area contributed by atoms with E-state index in [0.29, 0.717) is 23.1 Å². The smallest absolute Gasteiger partial charge is 0.339 e. The third-order valence-corrected chi connectivity index (χ3v) is 4.03. The van der Waals surface area contributed by atoms with E-state index in [-0.39, 0.29) is 5.56 Å². The maximum atomic E-state index is 11.4. The first-order valence-electron chi connectivity index (χ1n) is 6.82. The van der Waals surface area contributed by atoms with Crippen LogP contribution in [0.1, 0.15) is 54.2 Å². The molecule has 1 aliphatic rings. The molecule has 5 nitrogen and oxygen atoms in total. The average Bonchev–Trinajstić information content (AvgIpc) is 2.36. The van der Waals surface area contributed by atoms with Gasteiger partial charge in [0.2, 0.25) is 0 Å². The van der Waals surface area contributed by atoms with Crippen LogP contribution in [0.4, 0.5) is 5.82 Å². The molecule has 0 amide bonds. The Hall–Kier alpha value is -1.65. The molecule has 2 rings (SSSR count). The first-order chi connectivity index (χ1) is 8.99. The lowest BCUT2D eigenvalue weighted by Crippen LogP contribution is -2.27. The summed E-state index contributed by atoms with van der Waals surface area (Å²) in [5.41, 5.74) is 1.61.